The standard InChI is InChI=1S/C17H15N3OS/c21-15(18-17-20-19-16(22-17)13-7-8-13)10-11-5-6-12-3-1-2-4-14(12)9-11/h1-6,9,13H,7-8,10H2,(H,18,20,21). The number of carbonyl (C=O) groups excluding carboxylic acids is 1. The van der Waals surface area contributed by atoms with Gasteiger partial charge in [0.05, 0.1) is 6.42 Å². The third-order valence-corrected chi connectivity index (χ3v) is 4.79. The summed E-state index contributed by atoms with van der Waals surface area (Å²) < 4.78 is 0. The third kappa shape index (κ3) is 2.85. The first-order valence-electron chi connectivity index (χ1n) is 7.39. The minimum absolute atomic E-state index is 0.0474. The van der Waals surface area contributed by atoms with Crippen LogP contribution in [0.1, 0.15) is 29.3 Å². The number of anilines is 1. The van der Waals surface area contributed by atoms with Gasteiger partial charge < -0.3 is 5.32 Å². The van der Waals surface area contributed by atoms with Crippen LogP contribution < -0.4 is 5.32 Å². The largest absolute Gasteiger partial charge is 0.300 e. The van der Waals surface area contributed by atoms with Gasteiger partial charge in [0.1, 0.15) is 5.01 Å². The van der Waals surface area contributed by atoms with E-state index in [2.05, 4.69) is 33.7 Å². The molecule has 2 aromatic carbocycles. The van der Waals surface area contributed by atoms with E-state index in [9.17, 15) is 4.79 Å². The Hall–Kier alpha value is -2.27. The number of hydrogen-bond donors (Lipinski definition) is 1. The van der Waals surface area contributed by atoms with E-state index in [4.69, 9.17) is 0 Å². The van der Waals surface area contributed by atoms with E-state index in [0.717, 1.165) is 16.0 Å². The van der Waals surface area contributed by atoms with Crippen molar-refractivity contribution < 1.29 is 4.79 Å². The molecular formula is C17H15N3OS. The highest BCUT2D eigenvalue weighted by atomic mass is 32.1. The number of benzene rings is 2. The highest BCUT2D eigenvalue weighted by Gasteiger charge is 2.27. The molecule has 1 aromatic heterocycles. The lowest BCUT2D eigenvalue weighted by Crippen LogP contribution is -2.14. The van der Waals surface area contributed by atoms with Crippen molar-refractivity contribution in [3.8, 4) is 0 Å². The summed E-state index contributed by atoms with van der Waals surface area (Å²) in [5.74, 6) is 0.525. The van der Waals surface area contributed by atoms with Gasteiger partial charge in [-0.2, -0.15) is 0 Å². The Balaban J connectivity index is 1.45. The molecule has 1 heterocycles. The maximum absolute atomic E-state index is 12.1. The Labute approximate surface area is 132 Å². The molecule has 110 valence electrons. The van der Waals surface area contributed by atoms with Crippen molar-refractivity contribution in [3.63, 3.8) is 0 Å². The summed E-state index contributed by atoms with van der Waals surface area (Å²) in [6, 6.07) is 14.3. The number of carbonyl (C=O) groups is 1. The molecule has 1 fully saturated rings. The van der Waals surface area contributed by atoms with Crippen molar-refractivity contribution in [1.29, 1.82) is 0 Å². The van der Waals surface area contributed by atoms with Crippen molar-refractivity contribution in [2.75, 3.05) is 5.32 Å². The normalized spacial score (nSPS) is 14.2. The second kappa shape index (κ2) is 5.50. The van der Waals surface area contributed by atoms with Gasteiger partial charge >= 0.3 is 0 Å². The Kier molecular flexibility index (Phi) is 3.35. The van der Waals surface area contributed by atoms with Crippen LogP contribution in [-0.2, 0) is 11.2 Å². The van der Waals surface area contributed by atoms with Gasteiger partial charge in [0, 0.05) is 5.92 Å². The van der Waals surface area contributed by atoms with Gasteiger partial charge in [-0.15, -0.1) is 10.2 Å². The molecule has 0 unspecified atom stereocenters. The number of fused-ring (bicyclic) bond motifs is 1. The third-order valence-electron chi connectivity index (χ3n) is 3.79. The van der Waals surface area contributed by atoms with Gasteiger partial charge in [-0.25, -0.2) is 0 Å². The van der Waals surface area contributed by atoms with Gasteiger partial charge in [0.25, 0.3) is 0 Å². The average molecular weight is 309 g/mol. The Morgan fingerprint density at radius 3 is 2.77 bits per heavy atom. The average Bonchev–Trinajstić information content (AvgIpc) is 3.28. The highest BCUT2D eigenvalue weighted by molar-refractivity contribution is 7.15. The maximum Gasteiger partial charge on any atom is 0.230 e. The van der Waals surface area contributed by atoms with Gasteiger partial charge in [0.15, 0.2) is 0 Å². The second-order valence-corrected chi connectivity index (χ2v) is 6.64. The van der Waals surface area contributed by atoms with Crippen LogP contribution in [0.2, 0.25) is 0 Å². The zero-order valence-electron chi connectivity index (χ0n) is 12.0. The van der Waals surface area contributed by atoms with Crippen LogP contribution >= 0.6 is 11.3 Å². The lowest BCUT2D eigenvalue weighted by molar-refractivity contribution is -0.115. The fraction of sp³-hybridized carbons (Fsp3) is 0.235. The lowest BCUT2D eigenvalue weighted by atomic mass is 10.1. The molecule has 3 aromatic rings. The van der Waals surface area contributed by atoms with Gasteiger partial charge in [-0.05, 0) is 29.2 Å². The zero-order valence-corrected chi connectivity index (χ0v) is 12.8. The number of nitrogens with one attached hydrogen (secondary N) is 1. The fourth-order valence-electron chi connectivity index (χ4n) is 2.48. The number of nitrogens with zero attached hydrogens (tertiary/aromatic N) is 2. The molecule has 1 aliphatic rings. The molecule has 1 aliphatic carbocycles. The van der Waals surface area contributed by atoms with E-state index in [-0.39, 0.29) is 5.91 Å². The predicted molar refractivity (Wildman–Crippen MR) is 88.2 cm³/mol. The maximum atomic E-state index is 12.1. The molecule has 1 N–H and O–H groups in total. The summed E-state index contributed by atoms with van der Waals surface area (Å²) in [5.41, 5.74) is 1.00. The summed E-state index contributed by atoms with van der Waals surface area (Å²) >= 11 is 1.49. The van der Waals surface area contributed by atoms with Crippen molar-refractivity contribution in [2.45, 2.75) is 25.2 Å². The SMILES string of the molecule is O=C(Cc1ccc2ccccc2c1)Nc1nnc(C2CC2)s1. The number of amides is 1. The number of rotatable bonds is 4. The van der Waals surface area contributed by atoms with Crippen LogP contribution in [0.5, 0.6) is 0 Å². The molecule has 0 bridgehead atoms. The van der Waals surface area contributed by atoms with E-state index in [0.29, 0.717) is 17.5 Å². The first-order valence-corrected chi connectivity index (χ1v) is 8.20. The smallest absolute Gasteiger partial charge is 0.230 e. The molecule has 22 heavy (non-hydrogen) atoms. The van der Waals surface area contributed by atoms with Crippen LogP contribution in [-0.4, -0.2) is 16.1 Å². The van der Waals surface area contributed by atoms with Crippen LogP contribution in [0, 0.1) is 0 Å². The van der Waals surface area contributed by atoms with E-state index in [1.54, 1.807) is 0 Å². The van der Waals surface area contributed by atoms with Gasteiger partial charge in [-0.3, -0.25) is 4.79 Å². The first-order chi connectivity index (χ1) is 10.8. The Bertz CT molecular complexity index is 839. The summed E-state index contributed by atoms with van der Waals surface area (Å²) in [6.45, 7) is 0. The van der Waals surface area contributed by atoms with Crippen LogP contribution in [0.25, 0.3) is 10.8 Å². The molecule has 0 saturated heterocycles. The molecule has 1 saturated carbocycles. The molecule has 0 radical (unpaired) electrons. The number of aromatic nitrogens is 2. The predicted octanol–water partition coefficient (Wildman–Crippen LogP) is 3.75. The summed E-state index contributed by atoms with van der Waals surface area (Å²) in [4.78, 5) is 12.1. The topological polar surface area (TPSA) is 54.9 Å². The van der Waals surface area contributed by atoms with Crippen LogP contribution in [0.3, 0.4) is 0 Å². The molecule has 0 spiro atoms. The van der Waals surface area contributed by atoms with Crippen molar-refractivity contribution >= 4 is 33.1 Å². The Morgan fingerprint density at radius 1 is 1.14 bits per heavy atom. The van der Waals surface area contributed by atoms with Gasteiger partial charge in [-0.1, -0.05) is 53.8 Å². The summed E-state index contributed by atoms with van der Waals surface area (Å²) in [6.07, 6.45) is 2.74. The fourth-order valence-corrected chi connectivity index (χ4v) is 3.41. The molecule has 5 heteroatoms. The molecule has 1 amide bonds. The van der Waals surface area contributed by atoms with Crippen molar-refractivity contribution in [3.05, 3.63) is 53.0 Å². The lowest BCUT2D eigenvalue weighted by Gasteiger charge is -2.03. The van der Waals surface area contributed by atoms with E-state index in [1.807, 2.05) is 24.3 Å². The van der Waals surface area contributed by atoms with Crippen molar-refractivity contribution in [1.82, 2.24) is 10.2 Å². The number of hydrogen-bond acceptors (Lipinski definition) is 4. The van der Waals surface area contributed by atoms with E-state index < -0.39 is 0 Å². The molecule has 4 nitrogen and oxygen atoms in total. The summed E-state index contributed by atoms with van der Waals surface area (Å²) in [7, 11) is 0. The minimum Gasteiger partial charge on any atom is -0.300 e. The summed E-state index contributed by atoms with van der Waals surface area (Å²) in [5, 5.41) is 15.0. The van der Waals surface area contributed by atoms with Crippen molar-refractivity contribution in [2.24, 2.45) is 0 Å². The second-order valence-electron chi connectivity index (χ2n) is 5.63. The van der Waals surface area contributed by atoms with Crippen LogP contribution in [0.4, 0.5) is 5.13 Å². The monoisotopic (exact) mass is 309 g/mol. The zero-order chi connectivity index (χ0) is 14.9. The molecule has 0 aliphatic heterocycles. The Morgan fingerprint density at radius 2 is 1.95 bits per heavy atom. The molecule has 4 rings (SSSR count). The molecule has 0 atom stereocenters. The minimum atomic E-state index is -0.0474. The quantitative estimate of drug-likeness (QED) is 0.798. The van der Waals surface area contributed by atoms with Crippen LogP contribution in [0.15, 0.2) is 42.5 Å². The highest BCUT2D eigenvalue weighted by Crippen LogP contribution is 2.42. The van der Waals surface area contributed by atoms with E-state index >= 15 is 0 Å². The first kappa shape index (κ1) is 13.4. The molecular weight excluding hydrogens is 294 g/mol. The van der Waals surface area contributed by atoms with Gasteiger partial charge in [0.2, 0.25) is 11.0 Å². The van der Waals surface area contributed by atoms with E-state index in [1.165, 1.54) is 29.6 Å².